The Balaban J connectivity index is 2.09. The van der Waals surface area contributed by atoms with Crippen LogP contribution in [0.15, 0.2) is 0 Å². The summed E-state index contributed by atoms with van der Waals surface area (Å²) in [6.45, 7) is 1.21. The van der Waals surface area contributed by atoms with Gasteiger partial charge in [0.25, 0.3) is 0 Å². The van der Waals surface area contributed by atoms with Crippen molar-refractivity contribution in [2.45, 2.75) is 24.9 Å². The second-order valence-electron chi connectivity index (χ2n) is 4.44. The van der Waals surface area contributed by atoms with Gasteiger partial charge in [-0.2, -0.15) is 0 Å². The summed E-state index contributed by atoms with van der Waals surface area (Å²) in [6.07, 6.45) is 0.979. The van der Waals surface area contributed by atoms with Gasteiger partial charge in [-0.15, -0.1) is 22.9 Å². The first-order valence-corrected chi connectivity index (χ1v) is 7.44. The van der Waals surface area contributed by atoms with E-state index in [4.69, 9.17) is 16.3 Å². The molecule has 1 saturated heterocycles. The fourth-order valence-corrected chi connectivity index (χ4v) is 3.36. The summed E-state index contributed by atoms with van der Waals surface area (Å²) in [5.41, 5.74) is 0.307. The number of nitrogens with zero attached hydrogens (tertiary/aromatic N) is 2. The van der Waals surface area contributed by atoms with Gasteiger partial charge in [0.15, 0.2) is 10.7 Å². The van der Waals surface area contributed by atoms with Crippen molar-refractivity contribution in [3.05, 3.63) is 16.5 Å². The topological polar surface area (TPSA) is 53.3 Å². The predicted molar refractivity (Wildman–Crippen MR) is 72.8 cm³/mol. The SMILES string of the molecule is COC(=O)c1sc2nc(CCl)n(C[C@@H]3CCO3)c2c1F. The number of fused-ring (bicyclic) bond motifs is 1. The highest BCUT2D eigenvalue weighted by Gasteiger charge is 2.27. The highest BCUT2D eigenvalue weighted by molar-refractivity contribution is 7.20. The van der Waals surface area contributed by atoms with Crippen molar-refractivity contribution in [1.82, 2.24) is 9.55 Å². The molecule has 3 rings (SSSR count). The molecule has 0 saturated carbocycles. The standard InChI is InChI=1S/C12H12ClFN2O3S/c1-18-12(17)10-8(14)9-11(20-10)15-7(4-13)16(9)5-6-2-3-19-6/h6H,2-5H2,1H3/t6-/m0/s1. The van der Waals surface area contributed by atoms with Crippen LogP contribution in [0, 0.1) is 5.82 Å². The molecule has 0 N–H and O–H groups in total. The molecule has 8 heteroatoms. The first kappa shape index (κ1) is 13.8. The molecule has 5 nitrogen and oxygen atoms in total. The Bertz CT molecular complexity index is 665. The molecule has 1 aliphatic heterocycles. The molecule has 0 spiro atoms. The van der Waals surface area contributed by atoms with E-state index in [1.165, 1.54) is 7.11 Å². The van der Waals surface area contributed by atoms with Gasteiger partial charge in [0.2, 0.25) is 0 Å². The van der Waals surface area contributed by atoms with Crippen molar-refractivity contribution in [2.24, 2.45) is 0 Å². The van der Waals surface area contributed by atoms with Crippen LogP contribution in [0.4, 0.5) is 4.39 Å². The molecule has 0 radical (unpaired) electrons. The minimum atomic E-state index is -0.690. The number of rotatable bonds is 4. The lowest BCUT2D eigenvalue weighted by molar-refractivity contribution is -0.0589. The fourth-order valence-electron chi connectivity index (χ4n) is 2.16. The van der Waals surface area contributed by atoms with E-state index in [-0.39, 0.29) is 16.9 Å². The zero-order chi connectivity index (χ0) is 14.3. The van der Waals surface area contributed by atoms with E-state index in [1.54, 1.807) is 4.57 Å². The number of aromatic nitrogens is 2. The van der Waals surface area contributed by atoms with E-state index in [0.717, 1.165) is 24.4 Å². The lowest BCUT2D eigenvalue weighted by Crippen LogP contribution is -2.31. The molecular formula is C12H12ClFN2O3S. The second kappa shape index (κ2) is 5.31. The number of imidazole rings is 1. The molecular weight excluding hydrogens is 307 g/mol. The number of hydrogen-bond acceptors (Lipinski definition) is 5. The van der Waals surface area contributed by atoms with Gasteiger partial charge in [-0.1, -0.05) is 0 Å². The summed E-state index contributed by atoms with van der Waals surface area (Å²) in [7, 11) is 1.22. The summed E-state index contributed by atoms with van der Waals surface area (Å²) < 4.78 is 26.0. The molecule has 20 heavy (non-hydrogen) atoms. The largest absolute Gasteiger partial charge is 0.465 e. The van der Waals surface area contributed by atoms with Crippen LogP contribution in [0.25, 0.3) is 10.3 Å². The van der Waals surface area contributed by atoms with Crippen LogP contribution in [0.2, 0.25) is 0 Å². The quantitative estimate of drug-likeness (QED) is 0.642. The molecule has 108 valence electrons. The van der Waals surface area contributed by atoms with Crippen LogP contribution < -0.4 is 0 Å². The van der Waals surface area contributed by atoms with Gasteiger partial charge >= 0.3 is 5.97 Å². The maximum Gasteiger partial charge on any atom is 0.351 e. The van der Waals surface area contributed by atoms with Gasteiger partial charge in [-0.05, 0) is 6.42 Å². The molecule has 0 aliphatic carbocycles. The molecule has 1 aliphatic rings. The van der Waals surface area contributed by atoms with Crippen molar-refractivity contribution in [3.8, 4) is 0 Å². The molecule has 0 amide bonds. The Labute approximate surface area is 123 Å². The van der Waals surface area contributed by atoms with Crippen molar-refractivity contribution in [2.75, 3.05) is 13.7 Å². The zero-order valence-corrected chi connectivity index (χ0v) is 12.3. The van der Waals surface area contributed by atoms with E-state index in [9.17, 15) is 9.18 Å². The van der Waals surface area contributed by atoms with Gasteiger partial charge < -0.3 is 14.0 Å². The monoisotopic (exact) mass is 318 g/mol. The van der Waals surface area contributed by atoms with Crippen LogP contribution in [0.3, 0.4) is 0 Å². The van der Waals surface area contributed by atoms with Crippen LogP contribution in [0.5, 0.6) is 0 Å². The first-order valence-electron chi connectivity index (χ1n) is 6.09. The maximum absolute atomic E-state index is 14.4. The molecule has 2 aromatic heterocycles. The third kappa shape index (κ3) is 2.10. The van der Waals surface area contributed by atoms with Crippen LogP contribution >= 0.6 is 22.9 Å². The smallest absolute Gasteiger partial charge is 0.351 e. The van der Waals surface area contributed by atoms with Crippen molar-refractivity contribution >= 4 is 39.3 Å². The summed E-state index contributed by atoms with van der Waals surface area (Å²) in [4.78, 5) is 16.2. The summed E-state index contributed by atoms with van der Waals surface area (Å²) in [5.74, 6) is -0.524. The molecule has 2 aromatic rings. The van der Waals surface area contributed by atoms with Gasteiger partial charge in [0.1, 0.15) is 16.2 Å². The second-order valence-corrected chi connectivity index (χ2v) is 5.71. The van der Waals surface area contributed by atoms with E-state index in [0.29, 0.717) is 22.7 Å². The maximum atomic E-state index is 14.4. The molecule has 3 heterocycles. The van der Waals surface area contributed by atoms with E-state index in [2.05, 4.69) is 9.72 Å². The minimum absolute atomic E-state index is 0.0512. The average Bonchev–Trinajstić information content (AvgIpc) is 2.90. The molecule has 1 fully saturated rings. The number of carbonyl (C=O) groups is 1. The minimum Gasteiger partial charge on any atom is -0.465 e. The Hall–Kier alpha value is -1.18. The number of ether oxygens (including phenoxy) is 2. The van der Waals surface area contributed by atoms with Crippen molar-refractivity contribution in [3.63, 3.8) is 0 Å². The number of halogens is 2. The molecule has 1 atom stereocenters. The Morgan fingerprint density at radius 1 is 1.70 bits per heavy atom. The number of hydrogen-bond donors (Lipinski definition) is 0. The van der Waals surface area contributed by atoms with E-state index in [1.807, 2.05) is 0 Å². The van der Waals surface area contributed by atoms with E-state index < -0.39 is 11.8 Å². The highest BCUT2D eigenvalue weighted by atomic mass is 35.5. The third-order valence-electron chi connectivity index (χ3n) is 3.29. The average molecular weight is 319 g/mol. The highest BCUT2D eigenvalue weighted by Crippen LogP contribution is 2.32. The Kier molecular flexibility index (Phi) is 3.66. The van der Waals surface area contributed by atoms with Gasteiger partial charge in [0, 0.05) is 6.61 Å². The lowest BCUT2D eigenvalue weighted by atomic mass is 10.2. The Morgan fingerprint density at radius 3 is 3.00 bits per heavy atom. The summed E-state index contributed by atoms with van der Waals surface area (Å²) >= 11 is 6.83. The third-order valence-corrected chi connectivity index (χ3v) is 4.56. The number of carbonyl (C=O) groups excluding carboxylic acids is 1. The zero-order valence-electron chi connectivity index (χ0n) is 10.7. The summed E-state index contributed by atoms with van der Waals surface area (Å²) in [5, 5.41) is 0. The first-order chi connectivity index (χ1) is 9.65. The van der Waals surface area contributed by atoms with Crippen LogP contribution in [-0.4, -0.2) is 35.3 Å². The van der Waals surface area contributed by atoms with E-state index >= 15 is 0 Å². The number of alkyl halides is 1. The summed E-state index contributed by atoms with van der Waals surface area (Å²) in [6, 6.07) is 0. The normalized spacial score (nSPS) is 18.2. The van der Waals surface area contributed by atoms with Gasteiger partial charge in [0.05, 0.1) is 25.6 Å². The number of methoxy groups -OCH3 is 1. The fraction of sp³-hybridized carbons (Fsp3) is 0.500. The molecule has 0 bridgehead atoms. The lowest BCUT2D eigenvalue weighted by Gasteiger charge is -2.27. The number of esters is 1. The van der Waals surface area contributed by atoms with Crippen LogP contribution in [0.1, 0.15) is 21.9 Å². The van der Waals surface area contributed by atoms with Gasteiger partial charge in [-0.25, -0.2) is 14.2 Å². The predicted octanol–water partition coefficient (Wildman–Crippen LogP) is 2.55. The van der Waals surface area contributed by atoms with Crippen molar-refractivity contribution in [1.29, 1.82) is 0 Å². The Morgan fingerprint density at radius 2 is 2.45 bits per heavy atom. The van der Waals surface area contributed by atoms with Crippen molar-refractivity contribution < 1.29 is 18.7 Å². The van der Waals surface area contributed by atoms with Crippen LogP contribution in [-0.2, 0) is 21.9 Å². The molecule has 0 unspecified atom stereocenters. The molecule has 0 aromatic carbocycles. The number of thiophene rings is 1. The van der Waals surface area contributed by atoms with Gasteiger partial charge in [-0.3, -0.25) is 0 Å².